The third kappa shape index (κ3) is 2.11. The Hall–Kier alpha value is -2.55. The first-order valence-corrected chi connectivity index (χ1v) is 5.72. The Balaban J connectivity index is 1.95. The van der Waals surface area contributed by atoms with Crippen molar-refractivity contribution in [2.24, 2.45) is 0 Å². The molecule has 0 atom stereocenters. The summed E-state index contributed by atoms with van der Waals surface area (Å²) >= 11 is 0. The number of benzene rings is 1. The van der Waals surface area contributed by atoms with Crippen LogP contribution in [0.2, 0.25) is 0 Å². The molecule has 0 bridgehead atoms. The topological polar surface area (TPSA) is 38.7 Å². The minimum atomic E-state index is 0.648. The van der Waals surface area contributed by atoms with Crippen LogP contribution in [-0.2, 0) is 0 Å². The van der Waals surface area contributed by atoms with Gasteiger partial charge < -0.3 is 0 Å². The molecule has 0 spiro atoms. The van der Waals surface area contributed by atoms with Crippen LogP contribution >= 0.6 is 0 Å². The van der Waals surface area contributed by atoms with Crippen molar-refractivity contribution in [1.82, 2.24) is 15.0 Å². The summed E-state index contributed by atoms with van der Waals surface area (Å²) in [5, 5.41) is 0. The zero-order valence-electron chi connectivity index (χ0n) is 9.69. The minimum absolute atomic E-state index is 0.648. The maximum Gasteiger partial charge on any atom is 0.178 e. The molecule has 1 aromatic carbocycles. The Bertz CT molecular complexity index is 560. The first kappa shape index (κ1) is 10.6. The summed E-state index contributed by atoms with van der Waals surface area (Å²) in [6.07, 6.45) is 5.39. The van der Waals surface area contributed by atoms with Crippen molar-refractivity contribution < 1.29 is 0 Å². The summed E-state index contributed by atoms with van der Waals surface area (Å²) in [5.41, 5.74) is 2.91. The van der Waals surface area contributed by atoms with Gasteiger partial charge >= 0.3 is 0 Å². The Morgan fingerprint density at radius 2 is 1.33 bits per heavy atom. The van der Waals surface area contributed by atoms with Crippen molar-refractivity contribution in [1.29, 1.82) is 0 Å². The van der Waals surface area contributed by atoms with Gasteiger partial charge in [0.25, 0.3) is 0 Å². The zero-order chi connectivity index (χ0) is 12.2. The highest BCUT2D eigenvalue weighted by Gasteiger charge is 2.02. The van der Waals surface area contributed by atoms with Gasteiger partial charge in [-0.25, -0.2) is 9.97 Å². The monoisotopic (exact) mass is 233 g/mol. The average Bonchev–Trinajstić information content (AvgIpc) is 2.49. The van der Waals surface area contributed by atoms with Crippen LogP contribution in [0.5, 0.6) is 0 Å². The van der Waals surface area contributed by atoms with Crippen LogP contribution in [0.25, 0.3) is 22.6 Å². The molecule has 0 unspecified atom stereocenters. The predicted molar refractivity (Wildman–Crippen MR) is 70.7 cm³/mol. The number of nitrogens with zero attached hydrogens (tertiary/aromatic N) is 3. The first-order chi connectivity index (χ1) is 8.93. The quantitative estimate of drug-likeness (QED) is 0.682. The molecule has 0 aliphatic rings. The van der Waals surface area contributed by atoms with Crippen LogP contribution in [-0.4, -0.2) is 15.0 Å². The highest BCUT2D eigenvalue weighted by Crippen LogP contribution is 2.18. The van der Waals surface area contributed by atoms with Gasteiger partial charge in [-0.15, -0.1) is 0 Å². The van der Waals surface area contributed by atoms with Gasteiger partial charge in [0.1, 0.15) is 5.69 Å². The number of rotatable bonds is 2. The molecule has 0 N–H and O–H groups in total. The van der Waals surface area contributed by atoms with Crippen LogP contribution in [0.4, 0.5) is 0 Å². The molecule has 18 heavy (non-hydrogen) atoms. The number of pyridine rings is 1. The van der Waals surface area contributed by atoms with E-state index >= 15 is 0 Å². The number of aromatic nitrogens is 3. The second-order valence-electron chi connectivity index (χ2n) is 3.88. The lowest BCUT2D eigenvalue weighted by atomic mass is 10.1. The van der Waals surface area contributed by atoms with Gasteiger partial charge in [-0.3, -0.25) is 4.98 Å². The van der Waals surface area contributed by atoms with Crippen molar-refractivity contribution in [2.75, 3.05) is 0 Å². The lowest BCUT2D eigenvalue weighted by Crippen LogP contribution is -1.91. The molecule has 0 saturated heterocycles. The summed E-state index contributed by atoms with van der Waals surface area (Å²) < 4.78 is 0. The Morgan fingerprint density at radius 3 is 2.00 bits per heavy atom. The molecule has 3 nitrogen and oxygen atoms in total. The van der Waals surface area contributed by atoms with E-state index in [1.165, 1.54) is 0 Å². The van der Waals surface area contributed by atoms with E-state index in [1.54, 1.807) is 6.20 Å². The molecule has 0 amide bonds. The summed E-state index contributed by atoms with van der Waals surface area (Å²) in [7, 11) is 0. The molecule has 2 heterocycles. The molecule has 0 saturated carbocycles. The smallest absolute Gasteiger partial charge is 0.178 e. The van der Waals surface area contributed by atoms with Crippen molar-refractivity contribution in [3.05, 3.63) is 67.1 Å². The van der Waals surface area contributed by atoms with E-state index in [4.69, 9.17) is 0 Å². The van der Waals surface area contributed by atoms with Gasteiger partial charge in [-0.05, 0) is 17.7 Å². The van der Waals surface area contributed by atoms with E-state index in [-0.39, 0.29) is 0 Å². The highest BCUT2D eigenvalue weighted by atomic mass is 14.9. The Labute approximate surface area is 105 Å². The van der Waals surface area contributed by atoms with E-state index in [2.05, 4.69) is 15.0 Å². The molecule has 3 aromatic rings. The highest BCUT2D eigenvalue weighted by molar-refractivity contribution is 5.62. The van der Waals surface area contributed by atoms with Gasteiger partial charge in [-0.1, -0.05) is 36.4 Å². The molecule has 3 heteroatoms. The summed E-state index contributed by atoms with van der Waals surface area (Å²) in [5.74, 6) is 0.648. The van der Waals surface area contributed by atoms with Gasteiger partial charge in [0.15, 0.2) is 5.82 Å². The summed E-state index contributed by atoms with van der Waals surface area (Å²) in [6, 6.07) is 15.8. The summed E-state index contributed by atoms with van der Waals surface area (Å²) in [4.78, 5) is 12.9. The van der Waals surface area contributed by atoms with Crippen molar-refractivity contribution in [2.45, 2.75) is 0 Å². The predicted octanol–water partition coefficient (Wildman–Crippen LogP) is 3.21. The third-order valence-corrected chi connectivity index (χ3v) is 2.65. The molecular formula is C15H11N3. The van der Waals surface area contributed by atoms with Crippen molar-refractivity contribution in [3.63, 3.8) is 0 Å². The lowest BCUT2D eigenvalue weighted by Gasteiger charge is -2.02. The fraction of sp³-hybridized carbons (Fsp3) is 0. The standard InChI is InChI=1S/C15H11N3/c1-2-6-12(7-3-1)13-10-17-15(18-11-13)14-8-4-5-9-16-14/h1-11H. The maximum atomic E-state index is 4.35. The fourth-order valence-electron chi connectivity index (χ4n) is 1.74. The SMILES string of the molecule is c1ccc(-c2cnc(-c3ccccn3)nc2)cc1. The van der Waals surface area contributed by atoms with Gasteiger partial charge in [-0.2, -0.15) is 0 Å². The van der Waals surface area contributed by atoms with E-state index < -0.39 is 0 Å². The van der Waals surface area contributed by atoms with Crippen LogP contribution in [0.15, 0.2) is 67.1 Å². The maximum absolute atomic E-state index is 4.35. The number of hydrogen-bond acceptors (Lipinski definition) is 3. The molecule has 0 radical (unpaired) electrons. The second kappa shape index (κ2) is 4.75. The average molecular weight is 233 g/mol. The van der Waals surface area contributed by atoms with Gasteiger partial charge in [0.05, 0.1) is 0 Å². The van der Waals surface area contributed by atoms with E-state index in [9.17, 15) is 0 Å². The van der Waals surface area contributed by atoms with E-state index in [0.717, 1.165) is 16.8 Å². The molecular weight excluding hydrogens is 222 g/mol. The molecule has 86 valence electrons. The Kier molecular flexibility index (Phi) is 2.80. The lowest BCUT2D eigenvalue weighted by molar-refractivity contribution is 1.14. The second-order valence-corrected chi connectivity index (χ2v) is 3.88. The van der Waals surface area contributed by atoms with E-state index in [1.807, 2.05) is 60.9 Å². The normalized spacial score (nSPS) is 10.2. The molecule has 0 aliphatic heterocycles. The fourth-order valence-corrected chi connectivity index (χ4v) is 1.74. The van der Waals surface area contributed by atoms with Gasteiger partial charge in [0, 0.05) is 24.2 Å². The molecule has 3 rings (SSSR count). The molecule has 0 aliphatic carbocycles. The molecule has 0 fully saturated rings. The molecule has 2 aromatic heterocycles. The largest absolute Gasteiger partial charge is 0.253 e. The zero-order valence-corrected chi connectivity index (χ0v) is 9.69. The van der Waals surface area contributed by atoms with Crippen molar-refractivity contribution >= 4 is 0 Å². The number of hydrogen-bond donors (Lipinski definition) is 0. The first-order valence-electron chi connectivity index (χ1n) is 5.72. The van der Waals surface area contributed by atoms with Gasteiger partial charge in [0.2, 0.25) is 0 Å². The van der Waals surface area contributed by atoms with Crippen LogP contribution < -0.4 is 0 Å². The Morgan fingerprint density at radius 1 is 0.611 bits per heavy atom. The van der Waals surface area contributed by atoms with Crippen LogP contribution in [0, 0.1) is 0 Å². The van der Waals surface area contributed by atoms with Crippen LogP contribution in [0.1, 0.15) is 0 Å². The van der Waals surface area contributed by atoms with Crippen LogP contribution in [0.3, 0.4) is 0 Å². The summed E-state index contributed by atoms with van der Waals surface area (Å²) in [6.45, 7) is 0. The van der Waals surface area contributed by atoms with Crippen molar-refractivity contribution in [3.8, 4) is 22.6 Å². The third-order valence-electron chi connectivity index (χ3n) is 2.65. The minimum Gasteiger partial charge on any atom is -0.253 e. The van der Waals surface area contributed by atoms with E-state index in [0.29, 0.717) is 5.82 Å².